The number of hydrogen-bond acceptors (Lipinski definition) is 3. The summed E-state index contributed by atoms with van der Waals surface area (Å²) in [5.74, 6) is -0.888. The summed E-state index contributed by atoms with van der Waals surface area (Å²) in [4.78, 5) is 22.3. The summed E-state index contributed by atoms with van der Waals surface area (Å²) in [6, 6.07) is 4.39. The van der Waals surface area contributed by atoms with Gasteiger partial charge in [0.1, 0.15) is 5.75 Å². The summed E-state index contributed by atoms with van der Waals surface area (Å²) in [5.41, 5.74) is 4.54. The van der Waals surface area contributed by atoms with E-state index in [4.69, 9.17) is 5.11 Å². The third-order valence-electron chi connectivity index (χ3n) is 4.76. The molecule has 0 spiro atoms. The Hall–Kier alpha value is -2.82. The van der Waals surface area contributed by atoms with Crippen molar-refractivity contribution in [3.8, 4) is 5.75 Å². The second-order valence-electron chi connectivity index (χ2n) is 6.71. The number of hydrogen-bond donors (Lipinski definition) is 3. The van der Waals surface area contributed by atoms with Crippen molar-refractivity contribution in [1.29, 1.82) is 0 Å². The first-order valence-electron chi connectivity index (χ1n) is 9.28. The Balaban J connectivity index is 1.96. The molecule has 0 atom stereocenters. The van der Waals surface area contributed by atoms with E-state index in [-0.39, 0.29) is 17.2 Å². The average molecular weight is 369 g/mol. The first-order valence-corrected chi connectivity index (χ1v) is 9.28. The normalized spacial score (nSPS) is 13.9. The molecule has 0 heterocycles. The van der Waals surface area contributed by atoms with Crippen LogP contribution in [0.2, 0.25) is 0 Å². The first kappa shape index (κ1) is 20.5. The molecule has 0 bridgehead atoms. The lowest BCUT2D eigenvalue weighted by Gasteiger charge is -2.08. The van der Waals surface area contributed by atoms with Crippen LogP contribution in [-0.2, 0) is 11.2 Å². The number of benzene rings is 1. The smallest absolute Gasteiger partial charge is 0.335 e. The minimum atomic E-state index is -0.990. The van der Waals surface area contributed by atoms with Gasteiger partial charge in [-0.15, -0.1) is 0 Å². The van der Waals surface area contributed by atoms with E-state index in [0.29, 0.717) is 18.5 Å². The Labute approximate surface area is 160 Å². The monoisotopic (exact) mass is 369 g/mol. The maximum Gasteiger partial charge on any atom is 0.335 e. The van der Waals surface area contributed by atoms with E-state index in [0.717, 1.165) is 31.3 Å². The maximum atomic E-state index is 11.2. The highest BCUT2D eigenvalue weighted by molar-refractivity contribution is 5.88. The number of carboxylic acid groups (broad SMARTS) is 1. The SMILES string of the molecule is CCC1=C(CNC(C)=O)C=CC(CCCc2cc(C(=O)O)ccc2O)=CC1. The fraction of sp³-hybridized carbons (Fsp3) is 0.364. The van der Waals surface area contributed by atoms with Crippen molar-refractivity contribution in [2.75, 3.05) is 6.54 Å². The Kier molecular flexibility index (Phi) is 7.41. The van der Waals surface area contributed by atoms with Gasteiger partial charge in [-0.05, 0) is 61.4 Å². The molecule has 1 aliphatic rings. The molecule has 5 nitrogen and oxygen atoms in total. The number of carbonyl (C=O) groups is 2. The molecule has 1 aromatic carbocycles. The summed E-state index contributed by atoms with van der Waals surface area (Å²) >= 11 is 0. The number of carboxylic acids is 1. The lowest BCUT2D eigenvalue weighted by Crippen LogP contribution is -2.22. The Morgan fingerprint density at radius 2 is 1.96 bits per heavy atom. The molecule has 3 N–H and O–H groups in total. The zero-order valence-electron chi connectivity index (χ0n) is 15.9. The molecule has 1 aromatic rings. The van der Waals surface area contributed by atoms with Gasteiger partial charge in [-0.1, -0.05) is 36.3 Å². The molecule has 5 heteroatoms. The van der Waals surface area contributed by atoms with Crippen LogP contribution in [0.5, 0.6) is 5.75 Å². The lowest BCUT2D eigenvalue weighted by atomic mass is 10.0. The zero-order chi connectivity index (χ0) is 19.8. The van der Waals surface area contributed by atoms with Gasteiger partial charge >= 0.3 is 5.97 Å². The van der Waals surface area contributed by atoms with Crippen molar-refractivity contribution < 1.29 is 19.8 Å². The highest BCUT2D eigenvalue weighted by atomic mass is 16.4. The Bertz CT molecular complexity index is 803. The highest BCUT2D eigenvalue weighted by Crippen LogP contribution is 2.25. The zero-order valence-corrected chi connectivity index (χ0v) is 15.9. The van der Waals surface area contributed by atoms with Crippen LogP contribution in [0.4, 0.5) is 0 Å². The van der Waals surface area contributed by atoms with Crippen molar-refractivity contribution >= 4 is 11.9 Å². The summed E-state index contributed by atoms with van der Waals surface area (Å²) in [6.07, 6.45) is 10.5. The van der Waals surface area contributed by atoms with Crippen LogP contribution in [0.3, 0.4) is 0 Å². The molecule has 0 fully saturated rings. The number of amides is 1. The van der Waals surface area contributed by atoms with Gasteiger partial charge in [-0.2, -0.15) is 0 Å². The van der Waals surface area contributed by atoms with E-state index in [2.05, 4.69) is 30.5 Å². The van der Waals surface area contributed by atoms with Crippen molar-refractivity contribution in [2.24, 2.45) is 0 Å². The van der Waals surface area contributed by atoms with Gasteiger partial charge in [0.25, 0.3) is 0 Å². The topological polar surface area (TPSA) is 86.6 Å². The van der Waals surface area contributed by atoms with Crippen LogP contribution in [-0.4, -0.2) is 28.6 Å². The van der Waals surface area contributed by atoms with Gasteiger partial charge in [0.05, 0.1) is 5.56 Å². The lowest BCUT2D eigenvalue weighted by molar-refractivity contribution is -0.118. The van der Waals surface area contributed by atoms with Crippen molar-refractivity contribution in [1.82, 2.24) is 5.32 Å². The van der Waals surface area contributed by atoms with Gasteiger partial charge < -0.3 is 15.5 Å². The van der Waals surface area contributed by atoms with Gasteiger partial charge in [0.2, 0.25) is 5.91 Å². The summed E-state index contributed by atoms with van der Waals surface area (Å²) in [7, 11) is 0. The molecule has 27 heavy (non-hydrogen) atoms. The van der Waals surface area contributed by atoms with Crippen LogP contribution in [0.1, 0.15) is 55.5 Å². The molecular weight excluding hydrogens is 342 g/mol. The van der Waals surface area contributed by atoms with E-state index in [1.807, 2.05) is 0 Å². The molecule has 1 aliphatic carbocycles. The number of aryl methyl sites for hydroxylation is 1. The second-order valence-corrected chi connectivity index (χ2v) is 6.71. The first-order chi connectivity index (χ1) is 12.9. The molecular formula is C22H27NO4. The fourth-order valence-electron chi connectivity index (χ4n) is 3.14. The van der Waals surface area contributed by atoms with E-state index in [9.17, 15) is 14.7 Å². The number of nitrogens with one attached hydrogen (secondary N) is 1. The number of aromatic hydroxyl groups is 1. The average Bonchev–Trinajstić information content (AvgIpc) is 2.83. The van der Waals surface area contributed by atoms with Crippen LogP contribution < -0.4 is 5.32 Å². The van der Waals surface area contributed by atoms with Crippen LogP contribution in [0.15, 0.2) is 53.1 Å². The highest BCUT2D eigenvalue weighted by Gasteiger charge is 2.10. The largest absolute Gasteiger partial charge is 0.508 e. The number of rotatable bonds is 8. The number of phenolic OH excluding ortho intramolecular Hbond substituents is 1. The number of carbonyl (C=O) groups excluding carboxylic acids is 1. The molecule has 0 unspecified atom stereocenters. The standard InChI is InChI=1S/C22H27NO4/c1-3-17-9-7-16(8-10-20(17)14-23-15(2)24)5-4-6-18-13-19(22(26)27)11-12-21(18)25/h7-8,10-13,25H,3-6,9,14H2,1-2H3,(H,23,24)(H,26,27). The molecule has 1 amide bonds. The summed E-state index contributed by atoms with van der Waals surface area (Å²) in [5, 5.41) is 21.9. The number of allylic oxidation sites excluding steroid dienone is 4. The molecule has 0 aliphatic heterocycles. The minimum Gasteiger partial charge on any atom is -0.508 e. The quantitative estimate of drug-likeness (QED) is 0.643. The van der Waals surface area contributed by atoms with Crippen LogP contribution in [0.25, 0.3) is 0 Å². The fourth-order valence-corrected chi connectivity index (χ4v) is 3.14. The molecule has 0 aromatic heterocycles. The number of phenols is 1. The minimum absolute atomic E-state index is 0.0350. The van der Waals surface area contributed by atoms with Crippen molar-refractivity contribution in [2.45, 2.75) is 46.0 Å². The second kappa shape index (κ2) is 9.76. The van der Waals surface area contributed by atoms with E-state index < -0.39 is 5.97 Å². The molecule has 144 valence electrons. The Morgan fingerprint density at radius 1 is 1.19 bits per heavy atom. The van der Waals surface area contributed by atoms with E-state index >= 15 is 0 Å². The van der Waals surface area contributed by atoms with Gasteiger partial charge in [-0.3, -0.25) is 4.79 Å². The van der Waals surface area contributed by atoms with Crippen LogP contribution in [0, 0.1) is 0 Å². The van der Waals surface area contributed by atoms with Crippen molar-refractivity contribution in [3.63, 3.8) is 0 Å². The van der Waals surface area contributed by atoms with E-state index in [1.165, 1.54) is 36.3 Å². The maximum absolute atomic E-state index is 11.2. The summed E-state index contributed by atoms with van der Waals surface area (Å²) < 4.78 is 0. The van der Waals surface area contributed by atoms with E-state index in [1.54, 1.807) is 0 Å². The molecule has 0 saturated carbocycles. The van der Waals surface area contributed by atoms with Gasteiger partial charge in [-0.25, -0.2) is 4.79 Å². The molecule has 0 saturated heterocycles. The third kappa shape index (κ3) is 6.13. The van der Waals surface area contributed by atoms with Crippen LogP contribution >= 0.6 is 0 Å². The predicted octanol–water partition coefficient (Wildman–Crippen LogP) is 4.14. The predicted molar refractivity (Wildman–Crippen MR) is 106 cm³/mol. The molecule has 2 rings (SSSR count). The van der Waals surface area contributed by atoms with Crippen molar-refractivity contribution in [3.05, 3.63) is 64.3 Å². The number of aromatic carboxylic acids is 1. The Morgan fingerprint density at radius 3 is 2.63 bits per heavy atom. The molecule has 0 radical (unpaired) electrons. The third-order valence-corrected chi connectivity index (χ3v) is 4.76. The van der Waals surface area contributed by atoms with Gasteiger partial charge in [0, 0.05) is 13.5 Å². The van der Waals surface area contributed by atoms with Gasteiger partial charge in [0.15, 0.2) is 0 Å². The summed E-state index contributed by atoms with van der Waals surface area (Å²) in [6.45, 7) is 4.19.